The van der Waals surface area contributed by atoms with Crippen LogP contribution in [0.4, 0.5) is 5.82 Å². The molecule has 1 heterocycles. The van der Waals surface area contributed by atoms with Gasteiger partial charge in [0.05, 0.1) is 10.5 Å². The predicted molar refractivity (Wildman–Crippen MR) is 79.9 cm³/mol. The predicted octanol–water partition coefficient (Wildman–Crippen LogP) is 4.63. The van der Waals surface area contributed by atoms with Gasteiger partial charge in [-0.15, -0.1) is 0 Å². The van der Waals surface area contributed by atoms with Gasteiger partial charge in [-0.3, -0.25) is 0 Å². The number of hydrogen-bond acceptors (Lipinski definition) is 2. The lowest BCUT2D eigenvalue weighted by atomic mass is 10.0. The van der Waals surface area contributed by atoms with Crippen LogP contribution in [0.2, 0.25) is 0 Å². The van der Waals surface area contributed by atoms with Crippen molar-refractivity contribution >= 4 is 21.7 Å². The zero-order valence-corrected chi connectivity index (χ0v) is 12.5. The summed E-state index contributed by atoms with van der Waals surface area (Å²) in [7, 11) is 0. The van der Waals surface area contributed by atoms with E-state index in [4.69, 9.17) is 0 Å². The van der Waals surface area contributed by atoms with Crippen LogP contribution < -0.4 is 5.32 Å². The average molecular weight is 305 g/mol. The Balaban J connectivity index is 2.21. The number of nitrogens with one attached hydrogen (secondary N) is 1. The Kier molecular flexibility index (Phi) is 4.02. The van der Waals surface area contributed by atoms with Gasteiger partial charge in [-0.05, 0) is 59.5 Å². The zero-order chi connectivity index (χ0) is 13.1. The van der Waals surface area contributed by atoms with Gasteiger partial charge in [0, 0.05) is 6.20 Å². The fourth-order valence-corrected chi connectivity index (χ4v) is 2.57. The summed E-state index contributed by atoms with van der Waals surface area (Å²) >= 11 is 3.54. The van der Waals surface area contributed by atoms with E-state index in [1.54, 1.807) is 0 Å². The summed E-state index contributed by atoms with van der Waals surface area (Å²) in [5, 5.41) is 3.44. The number of aromatic nitrogens is 1. The van der Waals surface area contributed by atoms with Crippen molar-refractivity contribution in [1.82, 2.24) is 4.98 Å². The van der Waals surface area contributed by atoms with Crippen molar-refractivity contribution in [2.45, 2.75) is 26.8 Å². The maximum Gasteiger partial charge on any atom is 0.140 e. The van der Waals surface area contributed by atoms with Crippen molar-refractivity contribution in [3.8, 4) is 0 Å². The normalized spacial score (nSPS) is 12.2. The molecule has 3 heteroatoms. The van der Waals surface area contributed by atoms with E-state index in [9.17, 15) is 0 Å². The highest BCUT2D eigenvalue weighted by Crippen LogP contribution is 2.26. The standard InChI is InChI=1S/C15H17BrN2/c1-10-8-14(16)15(17-9-10)18-12(3)13-7-5-4-6-11(13)2/h4-9,12H,1-3H3,(H,17,18). The lowest BCUT2D eigenvalue weighted by Crippen LogP contribution is -2.09. The SMILES string of the molecule is Cc1cnc(NC(C)c2ccccc2C)c(Br)c1. The van der Waals surface area contributed by atoms with Crippen molar-refractivity contribution in [1.29, 1.82) is 0 Å². The second kappa shape index (κ2) is 5.53. The van der Waals surface area contributed by atoms with Gasteiger partial charge in [0.15, 0.2) is 0 Å². The summed E-state index contributed by atoms with van der Waals surface area (Å²) in [5.74, 6) is 0.886. The van der Waals surface area contributed by atoms with Crippen LogP contribution in [-0.4, -0.2) is 4.98 Å². The lowest BCUT2D eigenvalue weighted by Gasteiger charge is -2.18. The maximum absolute atomic E-state index is 4.41. The first-order valence-electron chi connectivity index (χ1n) is 6.02. The van der Waals surface area contributed by atoms with Crippen LogP contribution in [0.1, 0.15) is 29.7 Å². The molecule has 0 spiro atoms. The molecule has 1 aromatic heterocycles. The van der Waals surface area contributed by atoms with Crippen LogP contribution in [0, 0.1) is 13.8 Å². The monoisotopic (exact) mass is 304 g/mol. The Morgan fingerprint density at radius 2 is 1.94 bits per heavy atom. The Bertz CT molecular complexity index is 552. The van der Waals surface area contributed by atoms with Crippen molar-refractivity contribution in [3.63, 3.8) is 0 Å². The molecule has 1 atom stereocenters. The second-order valence-electron chi connectivity index (χ2n) is 4.57. The molecule has 2 rings (SSSR count). The van der Waals surface area contributed by atoms with Crippen LogP contribution in [0.5, 0.6) is 0 Å². The molecule has 0 saturated heterocycles. The third-order valence-electron chi connectivity index (χ3n) is 2.99. The number of rotatable bonds is 3. The number of benzene rings is 1. The number of anilines is 1. The summed E-state index contributed by atoms with van der Waals surface area (Å²) in [6, 6.07) is 10.7. The lowest BCUT2D eigenvalue weighted by molar-refractivity contribution is 0.863. The molecule has 0 fully saturated rings. The molecule has 1 aromatic carbocycles. The number of hydrogen-bond donors (Lipinski definition) is 1. The smallest absolute Gasteiger partial charge is 0.140 e. The summed E-state index contributed by atoms with van der Waals surface area (Å²) in [6.07, 6.45) is 1.87. The summed E-state index contributed by atoms with van der Waals surface area (Å²) < 4.78 is 1.00. The van der Waals surface area contributed by atoms with Crippen LogP contribution >= 0.6 is 15.9 Å². The highest BCUT2D eigenvalue weighted by molar-refractivity contribution is 9.10. The van der Waals surface area contributed by atoms with Crippen molar-refractivity contribution in [3.05, 3.63) is 57.7 Å². The summed E-state index contributed by atoms with van der Waals surface area (Å²) in [5.41, 5.74) is 3.74. The van der Waals surface area contributed by atoms with Gasteiger partial charge in [-0.25, -0.2) is 4.98 Å². The topological polar surface area (TPSA) is 24.9 Å². The Hall–Kier alpha value is -1.35. The minimum Gasteiger partial charge on any atom is -0.363 e. The molecular formula is C15H17BrN2. The third kappa shape index (κ3) is 2.91. The van der Waals surface area contributed by atoms with Crippen LogP contribution in [-0.2, 0) is 0 Å². The molecule has 0 aliphatic heterocycles. The van der Waals surface area contributed by atoms with Gasteiger partial charge in [-0.2, -0.15) is 0 Å². The number of aryl methyl sites for hydroxylation is 2. The zero-order valence-electron chi connectivity index (χ0n) is 10.9. The molecule has 94 valence electrons. The first-order valence-corrected chi connectivity index (χ1v) is 6.81. The number of nitrogens with zero attached hydrogens (tertiary/aromatic N) is 1. The van der Waals surface area contributed by atoms with Crippen molar-refractivity contribution in [2.75, 3.05) is 5.32 Å². The molecule has 2 nitrogen and oxygen atoms in total. The molecule has 0 aliphatic rings. The van der Waals surface area contributed by atoms with E-state index in [1.165, 1.54) is 11.1 Å². The Morgan fingerprint density at radius 3 is 2.61 bits per heavy atom. The molecule has 18 heavy (non-hydrogen) atoms. The highest BCUT2D eigenvalue weighted by Gasteiger charge is 2.10. The van der Waals surface area contributed by atoms with Gasteiger partial charge in [0.25, 0.3) is 0 Å². The van der Waals surface area contributed by atoms with Gasteiger partial charge in [-0.1, -0.05) is 24.3 Å². The van der Waals surface area contributed by atoms with E-state index in [0.29, 0.717) is 0 Å². The quantitative estimate of drug-likeness (QED) is 0.894. The minimum absolute atomic E-state index is 0.234. The van der Waals surface area contributed by atoms with E-state index in [1.807, 2.05) is 13.1 Å². The van der Waals surface area contributed by atoms with Crippen LogP contribution in [0.25, 0.3) is 0 Å². The van der Waals surface area contributed by atoms with Gasteiger partial charge in [0.2, 0.25) is 0 Å². The van der Waals surface area contributed by atoms with Crippen molar-refractivity contribution in [2.24, 2.45) is 0 Å². The van der Waals surface area contributed by atoms with E-state index in [2.05, 4.69) is 70.4 Å². The number of halogens is 1. The fourth-order valence-electron chi connectivity index (χ4n) is 2.00. The molecule has 2 aromatic rings. The largest absolute Gasteiger partial charge is 0.363 e. The van der Waals surface area contributed by atoms with E-state index >= 15 is 0 Å². The molecular weight excluding hydrogens is 288 g/mol. The first kappa shape index (κ1) is 13.1. The van der Waals surface area contributed by atoms with E-state index < -0.39 is 0 Å². The molecule has 0 amide bonds. The highest BCUT2D eigenvalue weighted by atomic mass is 79.9. The van der Waals surface area contributed by atoms with E-state index in [-0.39, 0.29) is 6.04 Å². The first-order chi connectivity index (χ1) is 8.58. The Labute approximate surface area is 117 Å². The Morgan fingerprint density at radius 1 is 1.22 bits per heavy atom. The average Bonchev–Trinajstić information content (AvgIpc) is 2.33. The van der Waals surface area contributed by atoms with E-state index in [0.717, 1.165) is 15.9 Å². The number of pyridine rings is 1. The van der Waals surface area contributed by atoms with Gasteiger partial charge < -0.3 is 5.32 Å². The summed E-state index contributed by atoms with van der Waals surface area (Å²) in [4.78, 5) is 4.41. The molecule has 0 bridgehead atoms. The minimum atomic E-state index is 0.234. The fraction of sp³-hybridized carbons (Fsp3) is 0.267. The van der Waals surface area contributed by atoms with Crippen LogP contribution in [0.15, 0.2) is 41.0 Å². The molecule has 1 unspecified atom stereocenters. The molecule has 0 aliphatic carbocycles. The summed E-state index contributed by atoms with van der Waals surface area (Å²) in [6.45, 7) is 6.31. The maximum atomic E-state index is 4.41. The van der Waals surface area contributed by atoms with Gasteiger partial charge in [0.1, 0.15) is 5.82 Å². The van der Waals surface area contributed by atoms with Crippen molar-refractivity contribution < 1.29 is 0 Å². The molecule has 0 saturated carbocycles. The van der Waals surface area contributed by atoms with Crippen LogP contribution in [0.3, 0.4) is 0 Å². The third-order valence-corrected chi connectivity index (χ3v) is 3.59. The molecule has 1 N–H and O–H groups in total. The second-order valence-corrected chi connectivity index (χ2v) is 5.42. The van der Waals surface area contributed by atoms with Gasteiger partial charge >= 0.3 is 0 Å². The molecule has 0 radical (unpaired) electrons.